The van der Waals surface area contributed by atoms with E-state index in [0.29, 0.717) is 34.6 Å². The van der Waals surface area contributed by atoms with E-state index in [1.165, 1.54) is 6.20 Å². The van der Waals surface area contributed by atoms with Gasteiger partial charge < -0.3 is 9.80 Å². The van der Waals surface area contributed by atoms with Crippen molar-refractivity contribution in [2.24, 2.45) is 4.99 Å². The van der Waals surface area contributed by atoms with E-state index in [1.807, 2.05) is 28.0 Å². The number of likely N-dealkylation sites (tertiary alicyclic amines) is 1. The monoisotopic (exact) mass is 517 g/mol. The number of pyridine rings is 1. The summed E-state index contributed by atoms with van der Waals surface area (Å²) in [6.45, 7) is 1.53. The van der Waals surface area contributed by atoms with Gasteiger partial charge in [0.2, 0.25) is 5.91 Å². The molecule has 0 spiro atoms. The number of anilines is 1. The number of nitriles is 1. The van der Waals surface area contributed by atoms with Gasteiger partial charge in [0.15, 0.2) is 5.65 Å². The molecule has 39 heavy (non-hydrogen) atoms. The van der Waals surface area contributed by atoms with E-state index in [9.17, 15) is 19.6 Å². The van der Waals surface area contributed by atoms with Crippen molar-refractivity contribution in [3.63, 3.8) is 0 Å². The number of hydrogen-bond acceptors (Lipinski definition) is 7. The molecule has 6 heterocycles. The molecule has 1 N–H and O–H groups in total. The largest absolute Gasteiger partial charge is 0.341 e. The highest BCUT2D eigenvalue weighted by atomic mass is 16.2. The van der Waals surface area contributed by atoms with E-state index in [-0.39, 0.29) is 23.1 Å². The van der Waals surface area contributed by atoms with E-state index in [2.05, 4.69) is 21.4 Å². The number of nitrogens with one attached hydrogen (secondary N) is 1. The Morgan fingerprint density at radius 1 is 1.05 bits per heavy atom. The number of amides is 3. The molecule has 3 aromatic rings. The van der Waals surface area contributed by atoms with Gasteiger partial charge in [-0.15, -0.1) is 0 Å². The first kappa shape index (κ1) is 23.1. The standard InChI is InChI=1S/C29H23N7O3/c30-15-18-7-5-12-36-21(16-32-26(18)36)22-23(28(38)33-27(22)37)24-19-8-4-6-17-14-20(35(25(17)19)13-9-31-24)29(39)34-10-2-1-3-11-34/h4-9,12-13,16,20H,1-3,10-11,14H2,(H,33,37,38). The molecule has 1 unspecified atom stereocenters. The lowest BCUT2D eigenvalue weighted by Gasteiger charge is -2.32. The van der Waals surface area contributed by atoms with Gasteiger partial charge in [-0.1, -0.05) is 18.2 Å². The van der Waals surface area contributed by atoms with Crippen molar-refractivity contribution in [1.82, 2.24) is 19.6 Å². The molecule has 1 fully saturated rings. The zero-order chi connectivity index (χ0) is 26.7. The normalized spacial score (nSPS) is 20.2. The van der Waals surface area contributed by atoms with Crippen LogP contribution in [0.15, 0.2) is 65.7 Å². The molecular weight excluding hydrogens is 494 g/mol. The maximum Gasteiger partial charge on any atom is 0.261 e. The predicted molar refractivity (Wildman–Crippen MR) is 142 cm³/mol. The van der Waals surface area contributed by atoms with Crippen LogP contribution in [0.1, 0.15) is 41.6 Å². The highest BCUT2D eigenvalue weighted by Crippen LogP contribution is 2.40. The summed E-state index contributed by atoms with van der Waals surface area (Å²) in [5, 5.41) is 11.9. The van der Waals surface area contributed by atoms with E-state index < -0.39 is 11.8 Å². The number of aliphatic imine (C=N–C) groups is 1. The van der Waals surface area contributed by atoms with Gasteiger partial charge in [-0.2, -0.15) is 5.26 Å². The lowest BCUT2D eigenvalue weighted by atomic mass is 9.94. The molecule has 10 heteroatoms. The van der Waals surface area contributed by atoms with Gasteiger partial charge in [-0.3, -0.25) is 29.1 Å². The number of hydrogen-bond donors (Lipinski definition) is 1. The number of benzene rings is 1. The second kappa shape index (κ2) is 8.77. The molecular formula is C29H23N7O3. The third-order valence-electron chi connectivity index (χ3n) is 7.85. The fourth-order valence-corrected chi connectivity index (χ4v) is 6.08. The minimum Gasteiger partial charge on any atom is -0.341 e. The van der Waals surface area contributed by atoms with Crippen LogP contribution < -0.4 is 10.2 Å². The first-order valence-corrected chi connectivity index (χ1v) is 13.0. The molecule has 1 atom stereocenters. The summed E-state index contributed by atoms with van der Waals surface area (Å²) in [5.41, 5.74) is 4.24. The Bertz CT molecular complexity index is 1730. The van der Waals surface area contributed by atoms with Gasteiger partial charge in [0.1, 0.15) is 12.1 Å². The summed E-state index contributed by atoms with van der Waals surface area (Å²) >= 11 is 0. The first-order chi connectivity index (χ1) is 19.1. The van der Waals surface area contributed by atoms with Crippen molar-refractivity contribution >= 4 is 40.3 Å². The minimum atomic E-state index is -0.558. The number of imidazole rings is 1. The maximum absolute atomic E-state index is 13.6. The Labute approximate surface area is 223 Å². The number of fused-ring (bicyclic) bond motifs is 1. The second-order valence-electron chi connectivity index (χ2n) is 10.0. The topological polar surface area (TPSA) is 123 Å². The number of carbonyl (C=O) groups excluding carboxylic acids is 3. The molecule has 0 aliphatic carbocycles. The fraction of sp³-hybridized carbons (Fsp3) is 0.241. The lowest BCUT2D eigenvalue weighted by Crippen LogP contribution is -2.47. The summed E-state index contributed by atoms with van der Waals surface area (Å²) in [7, 11) is 0. The highest BCUT2D eigenvalue weighted by Gasteiger charge is 2.42. The molecule has 192 valence electrons. The van der Waals surface area contributed by atoms with Crippen molar-refractivity contribution in [2.75, 3.05) is 18.0 Å². The lowest BCUT2D eigenvalue weighted by molar-refractivity contribution is -0.133. The number of rotatable bonds is 3. The average molecular weight is 518 g/mol. The number of para-hydroxylation sites is 1. The quantitative estimate of drug-likeness (QED) is 0.532. The van der Waals surface area contributed by atoms with Gasteiger partial charge in [-0.25, -0.2) is 4.98 Å². The van der Waals surface area contributed by atoms with Crippen LogP contribution in [-0.4, -0.2) is 56.8 Å². The molecule has 0 radical (unpaired) electrons. The van der Waals surface area contributed by atoms with E-state index in [0.717, 1.165) is 43.6 Å². The molecule has 4 aliphatic heterocycles. The van der Waals surface area contributed by atoms with Crippen LogP contribution in [0.4, 0.5) is 5.69 Å². The number of imide groups is 1. The first-order valence-electron chi connectivity index (χ1n) is 13.0. The Hall–Kier alpha value is -5.04. The van der Waals surface area contributed by atoms with E-state index >= 15 is 0 Å². The average Bonchev–Trinajstić information content (AvgIpc) is 3.59. The summed E-state index contributed by atoms with van der Waals surface area (Å²) < 4.78 is 1.63. The Kier molecular flexibility index (Phi) is 5.20. The molecule has 10 nitrogen and oxygen atoms in total. The number of piperidine rings is 1. The van der Waals surface area contributed by atoms with Crippen molar-refractivity contribution < 1.29 is 14.4 Å². The van der Waals surface area contributed by atoms with Crippen LogP contribution in [0.3, 0.4) is 0 Å². The van der Waals surface area contributed by atoms with E-state index in [4.69, 9.17) is 0 Å². The van der Waals surface area contributed by atoms with Crippen LogP contribution >= 0.6 is 0 Å². The van der Waals surface area contributed by atoms with Gasteiger partial charge in [-0.05, 0) is 37.0 Å². The van der Waals surface area contributed by atoms with Gasteiger partial charge >= 0.3 is 0 Å². The molecule has 1 aromatic carbocycles. The number of aromatic nitrogens is 2. The van der Waals surface area contributed by atoms with Crippen LogP contribution in [0, 0.1) is 11.3 Å². The Balaban J connectivity index is 1.36. The fourth-order valence-electron chi connectivity index (χ4n) is 6.08. The zero-order valence-corrected chi connectivity index (χ0v) is 20.9. The SMILES string of the molecule is N#Cc1cccn2c(C3=C(C4=NC=CN5c6c(cccc64)CC5C(=O)N4CCCCC4)C(=O)NC3=O)cnc12. The zero-order valence-electron chi connectivity index (χ0n) is 20.9. The van der Waals surface area contributed by atoms with Crippen molar-refractivity contribution in [2.45, 2.75) is 31.7 Å². The molecule has 0 saturated carbocycles. The summed E-state index contributed by atoms with van der Waals surface area (Å²) in [5.74, 6) is -1.02. The molecule has 7 rings (SSSR count). The van der Waals surface area contributed by atoms with Crippen molar-refractivity contribution in [3.05, 3.63) is 83.1 Å². The van der Waals surface area contributed by atoms with Crippen LogP contribution in [0.2, 0.25) is 0 Å². The molecule has 0 bridgehead atoms. The number of nitrogens with zero attached hydrogens (tertiary/aromatic N) is 6. The van der Waals surface area contributed by atoms with Crippen molar-refractivity contribution in [1.29, 1.82) is 5.26 Å². The number of carbonyl (C=O) groups is 3. The molecule has 3 amide bonds. The third kappa shape index (κ3) is 3.43. The molecule has 1 saturated heterocycles. The van der Waals surface area contributed by atoms with Crippen LogP contribution in [0.25, 0.3) is 11.2 Å². The van der Waals surface area contributed by atoms with Crippen LogP contribution in [0.5, 0.6) is 0 Å². The minimum absolute atomic E-state index is 0.0951. The summed E-state index contributed by atoms with van der Waals surface area (Å²) in [6, 6.07) is 10.8. The Morgan fingerprint density at radius 3 is 2.69 bits per heavy atom. The maximum atomic E-state index is 13.6. The summed E-state index contributed by atoms with van der Waals surface area (Å²) in [4.78, 5) is 52.9. The van der Waals surface area contributed by atoms with Gasteiger partial charge in [0, 0.05) is 43.7 Å². The smallest absolute Gasteiger partial charge is 0.261 e. The van der Waals surface area contributed by atoms with Gasteiger partial charge in [0.05, 0.1) is 40.0 Å². The Morgan fingerprint density at radius 2 is 1.87 bits per heavy atom. The summed E-state index contributed by atoms with van der Waals surface area (Å²) in [6.07, 6.45) is 10.3. The predicted octanol–water partition coefficient (Wildman–Crippen LogP) is 2.33. The third-order valence-corrected chi connectivity index (χ3v) is 7.85. The molecule has 4 aliphatic rings. The van der Waals surface area contributed by atoms with E-state index in [1.54, 1.807) is 35.1 Å². The second-order valence-corrected chi connectivity index (χ2v) is 10.0. The molecule has 2 aromatic heterocycles. The van der Waals surface area contributed by atoms with Crippen molar-refractivity contribution in [3.8, 4) is 6.07 Å². The highest BCUT2D eigenvalue weighted by molar-refractivity contribution is 6.47. The van der Waals surface area contributed by atoms with Gasteiger partial charge in [0.25, 0.3) is 11.8 Å². The van der Waals surface area contributed by atoms with Crippen LogP contribution in [-0.2, 0) is 20.8 Å².